The molecule has 3 N–H and O–H groups in total. The van der Waals surface area contributed by atoms with Crippen LogP contribution in [0.4, 0.5) is 4.79 Å². The number of ether oxygens (including phenoxy) is 2. The zero-order chi connectivity index (χ0) is 15.7. The van der Waals surface area contributed by atoms with Gasteiger partial charge in [0.1, 0.15) is 5.75 Å². The molecule has 0 spiro atoms. The van der Waals surface area contributed by atoms with E-state index in [-0.39, 0.29) is 5.56 Å². The molecule has 7 nitrogen and oxygen atoms in total. The number of urea groups is 1. The number of primary amides is 1. The van der Waals surface area contributed by atoms with Crippen molar-refractivity contribution >= 4 is 17.9 Å². The third-order valence-electron chi connectivity index (χ3n) is 2.45. The third-order valence-corrected chi connectivity index (χ3v) is 2.45. The number of carbonyl (C=O) groups is 3. The molecule has 1 aromatic carbocycles. The van der Waals surface area contributed by atoms with Crippen LogP contribution in [-0.2, 0) is 9.53 Å². The lowest BCUT2D eigenvalue weighted by atomic mass is 10.2. The number of carbonyl (C=O) groups excluding carboxylic acids is 3. The van der Waals surface area contributed by atoms with Crippen molar-refractivity contribution in [1.29, 1.82) is 0 Å². The molecule has 0 aliphatic rings. The number of nitrogens with one attached hydrogen (secondary N) is 1. The van der Waals surface area contributed by atoms with Gasteiger partial charge < -0.3 is 15.2 Å². The molecule has 3 amide bonds. The number of imide groups is 1. The van der Waals surface area contributed by atoms with Crippen LogP contribution in [0, 0.1) is 0 Å². The van der Waals surface area contributed by atoms with Crippen molar-refractivity contribution in [3.05, 3.63) is 29.8 Å². The van der Waals surface area contributed by atoms with E-state index < -0.39 is 24.5 Å². The monoisotopic (exact) mass is 294 g/mol. The summed E-state index contributed by atoms with van der Waals surface area (Å²) in [6.07, 6.45) is 2.00. The van der Waals surface area contributed by atoms with E-state index in [0.29, 0.717) is 12.4 Å². The average molecular weight is 294 g/mol. The molecule has 0 heterocycles. The Morgan fingerprint density at radius 2 is 1.86 bits per heavy atom. The molecule has 114 valence electrons. The molecule has 0 unspecified atom stereocenters. The van der Waals surface area contributed by atoms with Crippen molar-refractivity contribution in [1.82, 2.24) is 5.32 Å². The SMILES string of the molecule is CCCCOc1ccc(C(=O)OCC(=O)NC(N)=O)cc1. The molecule has 0 fully saturated rings. The number of hydrogen-bond donors (Lipinski definition) is 2. The zero-order valence-corrected chi connectivity index (χ0v) is 11.8. The molecule has 1 aromatic rings. The van der Waals surface area contributed by atoms with Crippen LogP contribution in [0.15, 0.2) is 24.3 Å². The summed E-state index contributed by atoms with van der Waals surface area (Å²) in [7, 11) is 0. The smallest absolute Gasteiger partial charge is 0.338 e. The fourth-order valence-corrected chi connectivity index (χ4v) is 1.41. The standard InChI is InChI=1S/C14H18N2O5/c1-2-3-8-20-11-6-4-10(5-7-11)13(18)21-9-12(17)16-14(15)19/h4-7H,2-3,8-9H2,1H3,(H3,15,16,17,19). The molecule has 0 radical (unpaired) electrons. The topological polar surface area (TPSA) is 108 Å². The van der Waals surface area contributed by atoms with Crippen molar-refractivity contribution in [3.63, 3.8) is 0 Å². The molecule has 1 rings (SSSR count). The maximum atomic E-state index is 11.6. The number of unbranched alkanes of at least 4 members (excludes halogenated alkanes) is 1. The number of hydrogen-bond acceptors (Lipinski definition) is 5. The fourth-order valence-electron chi connectivity index (χ4n) is 1.41. The van der Waals surface area contributed by atoms with Gasteiger partial charge in [-0.3, -0.25) is 10.1 Å². The predicted octanol–water partition coefficient (Wildman–Crippen LogP) is 1.22. The Balaban J connectivity index is 2.44. The summed E-state index contributed by atoms with van der Waals surface area (Å²) in [5, 5.41) is 1.79. The molecule has 7 heteroatoms. The van der Waals surface area contributed by atoms with Gasteiger partial charge >= 0.3 is 12.0 Å². The second kappa shape index (κ2) is 8.57. The molecule has 0 aromatic heterocycles. The molecular weight excluding hydrogens is 276 g/mol. The van der Waals surface area contributed by atoms with E-state index in [2.05, 4.69) is 6.92 Å². The van der Waals surface area contributed by atoms with Gasteiger partial charge in [-0.1, -0.05) is 13.3 Å². The Bertz CT molecular complexity index is 499. The highest BCUT2D eigenvalue weighted by Crippen LogP contribution is 2.13. The Morgan fingerprint density at radius 3 is 2.43 bits per heavy atom. The predicted molar refractivity (Wildman–Crippen MR) is 74.9 cm³/mol. The number of rotatable bonds is 7. The summed E-state index contributed by atoms with van der Waals surface area (Å²) < 4.78 is 10.2. The van der Waals surface area contributed by atoms with Gasteiger partial charge in [0.2, 0.25) is 0 Å². The highest BCUT2D eigenvalue weighted by Gasteiger charge is 2.11. The first-order valence-electron chi connectivity index (χ1n) is 6.52. The van der Waals surface area contributed by atoms with Gasteiger partial charge in [-0.2, -0.15) is 0 Å². The van der Waals surface area contributed by atoms with Crippen LogP contribution in [0.3, 0.4) is 0 Å². The van der Waals surface area contributed by atoms with Gasteiger partial charge in [0.25, 0.3) is 5.91 Å². The average Bonchev–Trinajstić information content (AvgIpc) is 2.45. The fraction of sp³-hybridized carbons (Fsp3) is 0.357. The van der Waals surface area contributed by atoms with Crippen molar-refractivity contribution in [2.45, 2.75) is 19.8 Å². The number of amides is 3. The lowest BCUT2D eigenvalue weighted by Gasteiger charge is -2.07. The number of benzene rings is 1. The summed E-state index contributed by atoms with van der Waals surface area (Å²) in [4.78, 5) is 33.1. The minimum atomic E-state index is -0.996. The lowest BCUT2D eigenvalue weighted by Crippen LogP contribution is -2.37. The largest absolute Gasteiger partial charge is 0.494 e. The van der Waals surface area contributed by atoms with Crippen molar-refractivity contribution in [2.24, 2.45) is 5.73 Å². The Hall–Kier alpha value is -2.57. The molecule has 0 saturated heterocycles. The van der Waals surface area contributed by atoms with E-state index in [1.807, 2.05) is 0 Å². The first-order chi connectivity index (χ1) is 10.0. The van der Waals surface area contributed by atoms with E-state index in [4.69, 9.17) is 15.2 Å². The zero-order valence-electron chi connectivity index (χ0n) is 11.8. The molecule has 21 heavy (non-hydrogen) atoms. The first kappa shape index (κ1) is 16.5. The van der Waals surface area contributed by atoms with Crippen LogP contribution < -0.4 is 15.8 Å². The molecule has 0 aliphatic carbocycles. The van der Waals surface area contributed by atoms with Crippen molar-refractivity contribution in [3.8, 4) is 5.75 Å². The van der Waals surface area contributed by atoms with E-state index >= 15 is 0 Å². The summed E-state index contributed by atoms with van der Waals surface area (Å²) in [6, 6.07) is 5.38. The third kappa shape index (κ3) is 6.42. The first-order valence-corrected chi connectivity index (χ1v) is 6.52. The second-order valence-electron chi connectivity index (χ2n) is 4.21. The summed E-state index contributed by atoms with van der Waals surface area (Å²) in [5.74, 6) is -0.795. The minimum Gasteiger partial charge on any atom is -0.494 e. The van der Waals surface area contributed by atoms with Gasteiger partial charge in [-0.15, -0.1) is 0 Å². The van der Waals surface area contributed by atoms with Crippen LogP contribution in [0.2, 0.25) is 0 Å². The molecule has 0 bridgehead atoms. The van der Waals surface area contributed by atoms with Gasteiger partial charge in [-0.05, 0) is 30.7 Å². The van der Waals surface area contributed by atoms with Crippen LogP contribution in [0.5, 0.6) is 5.75 Å². The van der Waals surface area contributed by atoms with Crippen LogP contribution in [0.25, 0.3) is 0 Å². The normalized spacial score (nSPS) is 9.76. The summed E-state index contributed by atoms with van der Waals surface area (Å²) in [6.45, 7) is 2.11. The quantitative estimate of drug-likeness (QED) is 0.580. The number of nitrogens with two attached hydrogens (primary N) is 1. The van der Waals surface area contributed by atoms with Crippen LogP contribution in [0.1, 0.15) is 30.1 Å². The molecular formula is C14H18N2O5. The van der Waals surface area contributed by atoms with Crippen molar-refractivity contribution in [2.75, 3.05) is 13.2 Å². The Kier molecular flexibility index (Phi) is 6.73. The van der Waals surface area contributed by atoms with E-state index in [9.17, 15) is 14.4 Å². The molecule has 0 saturated carbocycles. The number of esters is 1. The van der Waals surface area contributed by atoms with E-state index in [1.54, 1.807) is 17.4 Å². The van der Waals surface area contributed by atoms with Crippen molar-refractivity contribution < 1.29 is 23.9 Å². The Morgan fingerprint density at radius 1 is 1.19 bits per heavy atom. The summed E-state index contributed by atoms with van der Waals surface area (Å²) >= 11 is 0. The lowest BCUT2D eigenvalue weighted by molar-refractivity contribution is -0.123. The van der Waals surface area contributed by atoms with Gasteiger partial charge in [0.05, 0.1) is 12.2 Å². The highest BCUT2D eigenvalue weighted by atomic mass is 16.5. The second-order valence-corrected chi connectivity index (χ2v) is 4.21. The van der Waals surface area contributed by atoms with Gasteiger partial charge in [0.15, 0.2) is 6.61 Å². The van der Waals surface area contributed by atoms with E-state index in [0.717, 1.165) is 12.8 Å². The van der Waals surface area contributed by atoms with Crippen LogP contribution in [-0.4, -0.2) is 31.1 Å². The molecule has 0 aliphatic heterocycles. The summed E-state index contributed by atoms with van der Waals surface area (Å²) in [5.41, 5.74) is 5.03. The van der Waals surface area contributed by atoms with Gasteiger partial charge in [0, 0.05) is 0 Å². The van der Waals surface area contributed by atoms with Gasteiger partial charge in [-0.25, -0.2) is 9.59 Å². The molecule has 0 atom stereocenters. The highest BCUT2D eigenvalue weighted by molar-refractivity contribution is 5.96. The maximum Gasteiger partial charge on any atom is 0.338 e. The Labute approximate surface area is 122 Å². The van der Waals surface area contributed by atoms with E-state index in [1.165, 1.54) is 12.1 Å². The minimum absolute atomic E-state index is 0.282. The maximum absolute atomic E-state index is 11.6. The van der Waals surface area contributed by atoms with Crippen LogP contribution >= 0.6 is 0 Å².